The smallest absolute Gasteiger partial charge is 0.325 e. The van der Waals surface area contributed by atoms with Crippen LogP contribution >= 0.6 is 0 Å². The minimum Gasteiger partial charge on any atom is -0.468 e. The molecule has 5 nitrogen and oxygen atoms in total. The minimum absolute atomic E-state index is 0.188. The van der Waals surface area contributed by atoms with Crippen molar-refractivity contribution in [2.75, 3.05) is 7.11 Å². The fourth-order valence-corrected chi connectivity index (χ4v) is 1.53. The van der Waals surface area contributed by atoms with Crippen molar-refractivity contribution < 1.29 is 13.9 Å². The zero-order valence-electron chi connectivity index (χ0n) is 10.2. The van der Waals surface area contributed by atoms with Gasteiger partial charge in [-0.1, -0.05) is 0 Å². The second kappa shape index (κ2) is 5.43. The molecule has 1 heterocycles. The van der Waals surface area contributed by atoms with Crippen LogP contribution in [0.15, 0.2) is 41.5 Å². The first-order chi connectivity index (χ1) is 9.10. The van der Waals surface area contributed by atoms with Gasteiger partial charge in [0.1, 0.15) is 12.4 Å². The largest absolute Gasteiger partial charge is 0.468 e. The summed E-state index contributed by atoms with van der Waals surface area (Å²) >= 11 is 0. The first kappa shape index (κ1) is 12.9. The molecule has 0 unspecified atom stereocenters. The number of esters is 1. The van der Waals surface area contributed by atoms with Crippen LogP contribution < -0.4 is 5.56 Å². The molecule has 0 aliphatic rings. The monoisotopic (exact) mass is 262 g/mol. The van der Waals surface area contributed by atoms with Gasteiger partial charge in [-0.25, -0.2) is 9.37 Å². The summed E-state index contributed by atoms with van der Waals surface area (Å²) in [4.78, 5) is 26.9. The highest BCUT2D eigenvalue weighted by Gasteiger charge is 2.06. The molecule has 0 atom stereocenters. The van der Waals surface area contributed by atoms with E-state index in [0.717, 1.165) is 4.57 Å². The van der Waals surface area contributed by atoms with Crippen molar-refractivity contribution in [2.45, 2.75) is 6.54 Å². The normalized spacial score (nSPS) is 10.2. The molecular weight excluding hydrogens is 251 g/mol. The standard InChI is InChI=1S/C13H11FN2O3/c1-19-13(18)7-16-8-15-11(6-12(16)17)9-2-4-10(14)5-3-9/h2-6,8H,7H2,1H3. The Labute approximate surface area is 108 Å². The molecule has 0 aliphatic heterocycles. The van der Waals surface area contributed by atoms with Crippen LogP contribution in [0, 0.1) is 5.82 Å². The van der Waals surface area contributed by atoms with Gasteiger partial charge in [-0.3, -0.25) is 14.2 Å². The predicted octanol–water partition coefficient (Wildman–Crippen LogP) is 1.22. The highest BCUT2D eigenvalue weighted by Crippen LogP contribution is 2.14. The van der Waals surface area contributed by atoms with Crippen molar-refractivity contribution in [1.82, 2.24) is 9.55 Å². The van der Waals surface area contributed by atoms with Gasteiger partial charge in [-0.05, 0) is 24.3 Å². The van der Waals surface area contributed by atoms with Crippen LogP contribution in [0.1, 0.15) is 0 Å². The van der Waals surface area contributed by atoms with Crippen LogP contribution in [0.5, 0.6) is 0 Å². The average molecular weight is 262 g/mol. The third kappa shape index (κ3) is 3.04. The Balaban J connectivity index is 2.31. The summed E-state index contributed by atoms with van der Waals surface area (Å²) in [7, 11) is 1.24. The molecule has 0 aliphatic carbocycles. The number of halogens is 1. The number of rotatable bonds is 3. The van der Waals surface area contributed by atoms with E-state index in [1.165, 1.54) is 43.8 Å². The Morgan fingerprint density at radius 3 is 2.63 bits per heavy atom. The molecule has 2 rings (SSSR count). The van der Waals surface area contributed by atoms with E-state index in [0.29, 0.717) is 11.3 Å². The lowest BCUT2D eigenvalue weighted by molar-refractivity contribution is -0.141. The fourth-order valence-electron chi connectivity index (χ4n) is 1.53. The zero-order valence-corrected chi connectivity index (χ0v) is 10.2. The number of hydrogen-bond acceptors (Lipinski definition) is 4. The van der Waals surface area contributed by atoms with Gasteiger partial charge in [0.25, 0.3) is 5.56 Å². The Hall–Kier alpha value is -2.50. The quantitative estimate of drug-likeness (QED) is 0.780. The van der Waals surface area contributed by atoms with Crippen molar-refractivity contribution in [3.63, 3.8) is 0 Å². The number of carbonyl (C=O) groups is 1. The first-order valence-corrected chi connectivity index (χ1v) is 5.49. The molecule has 0 saturated carbocycles. The van der Waals surface area contributed by atoms with Gasteiger partial charge in [0.15, 0.2) is 0 Å². The van der Waals surface area contributed by atoms with Gasteiger partial charge in [-0.15, -0.1) is 0 Å². The summed E-state index contributed by atoms with van der Waals surface area (Å²) in [6, 6.07) is 6.92. The Bertz CT molecular complexity index is 650. The van der Waals surface area contributed by atoms with E-state index in [9.17, 15) is 14.0 Å². The Morgan fingerprint density at radius 2 is 2.05 bits per heavy atom. The van der Waals surface area contributed by atoms with Gasteiger partial charge in [-0.2, -0.15) is 0 Å². The van der Waals surface area contributed by atoms with Gasteiger partial charge >= 0.3 is 5.97 Å². The van der Waals surface area contributed by atoms with E-state index < -0.39 is 5.97 Å². The van der Waals surface area contributed by atoms with Gasteiger partial charge in [0.2, 0.25) is 0 Å². The van der Waals surface area contributed by atoms with Gasteiger partial charge < -0.3 is 4.74 Å². The lowest BCUT2D eigenvalue weighted by atomic mass is 10.1. The average Bonchev–Trinajstić information content (AvgIpc) is 2.41. The molecule has 2 aromatic rings. The molecule has 1 aromatic heterocycles. The lowest BCUT2D eigenvalue weighted by Gasteiger charge is -2.05. The van der Waals surface area contributed by atoms with Crippen LogP contribution in [0.25, 0.3) is 11.3 Å². The highest BCUT2D eigenvalue weighted by molar-refractivity contribution is 5.69. The van der Waals surface area contributed by atoms with Crippen molar-refractivity contribution in [1.29, 1.82) is 0 Å². The molecular formula is C13H11FN2O3. The summed E-state index contributed by atoms with van der Waals surface area (Å²) in [5.74, 6) is -0.888. The molecule has 0 N–H and O–H groups in total. The summed E-state index contributed by atoms with van der Waals surface area (Å²) < 4.78 is 18.4. The SMILES string of the molecule is COC(=O)Cn1cnc(-c2ccc(F)cc2)cc1=O. The summed E-state index contributed by atoms with van der Waals surface area (Å²) in [5.41, 5.74) is 0.676. The maximum Gasteiger partial charge on any atom is 0.325 e. The van der Waals surface area contributed by atoms with E-state index in [4.69, 9.17) is 0 Å². The van der Waals surface area contributed by atoms with Crippen molar-refractivity contribution >= 4 is 5.97 Å². The number of nitrogens with zero attached hydrogens (tertiary/aromatic N) is 2. The van der Waals surface area contributed by atoms with Crippen LogP contribution in [0.3, 0.4) is 0 Å². The van der Waals surface area contributed by atoms with Gasteiger partial charge in [0.05, 0.1) is 19.1 Å². The van der Waals surface area contributed by atoms with Gasteiger partial charge in [0, 0.05) is 11.6 Å². The Kier molecular flexibility index (Phi) is 3.70. The number of hydrogen-bond donors (Lipinski definition) is 0. The number of ether oxygens (including phenoxy) is 1. The van der Waals surface area contributed by atoms with Crippen LogP contribution in [-0.2, 0) is 16.1 Å². The maximum atomic E-state index is 12.8. The fraction of sp³-hybridized carbons (Fsp3) is 0.154. The van der Waals surface area contributed by atoms with E-state index in [-0.39, 0.29) is 17.9 Å². The number of methoxy groups -OCH3 is 1. The third-order valence-corrected chi connectivity index (χ3v) is 2.55. The van der Waals surface area contributed by atoms with E-state index >= 15 is 0 Å². The molecule has 0 spiro atoms. The molecule has 0 bridgehead atoms. The van der Waals surface area contributed by atoms with Crippen LogP contribution in [-0.4, -0.2) is 22.6 Å². The van der Waals surface area contributed by atoms with E-state index in [2.05, 4.69) is 9.72 Å². The third-order valence-electron chi connectivity index (χ3n) is 2.55. The molecule has 6 heteroatoms. The number of benzene rings is 1. The molecule has 1 aromatic carbocycles. The molecule has 0 amide bonds. The molecule has 19 heavy (non-hydrogen) atoms. The summed E-state index contributed by atoms with van der Waals surface area (Å²) in [6.07, 6.45) is 1.26. The predicted molar refractivity (Wildman–Crippen MR) is 65.9 cm³/mol. The lowest BCUT2D eigenvalue weighted by Crippen LogP contribution is -2.24. The summed E-state index contributed by atoms with van der Waals surface area (Å²) in [5, 5.41) is 0. The topological polar surface area (TPSA) is 61.2 Å². The molecule has 0 saturated heterocycles. The number of aromatic nitrogens is 2. The second-order valence-electron chi connectivity index (χ2n) is 3.82. The van der Waals surface area contributed by atoms with Crippen molar-refractivity contribution in [3.8, 4) is 11.3 Å². The summed E-state index contributed by atoms with van der Waals surface area (Å²) in [6.45, 7) is -0.188. The molecule has 0 radical (unpaired) electrons. The van der Waals surface area contributed by atoms with Crippen LogP contribution in [0.2, 0.25) is 0 Å². The minimum atomic E-state index is -0.529. The van der Waals surface area contributed by atoms with E-state index in [1.807, 2.05) is 0 Å². The maximum absolute atomic E-state index is 12.8. The van der Waals surface area contributed by atoms with Crippen LogP contribution in [0.4, 0.5) is 4.39 Å². The molecule has 0 fully saturated rings. The number of carbonyl (C=O) groups excluding carboxylic acids is 1. The van der Waals surface area contributed by atoms with Crippen molar-refractivity contribution in [2.24, 2.45) is 0 Å². The first-order valence-electron chi connectivity index (χ1n) is 5.49. The van der Waals surface area contributed by atoms with E-state index in [1.54, 1.807) is 0 Å². The highest BCUT2D eigenvalue weighted by atomic mass is 19.1. The molecule has 98 valence electrons. The Morgan fingerprint density at radius 1 is 1.37 bits per heavy atom. The van der Waals surface area contributed by atoms with Crippen molar-refractivity contribution in [3.05, 3.63) is 52.8 Å². The second-order valence-corrected chi connectivity index (χ2v) is 3.82. The zero-order chi connectivity index (χ0) is 13.8.